The Hall–Kier alpha value is -0.0400. The van der Waals surface area contributed by atoms with E-state index in [1.165, 1.54) is 70.6 Å². The SMILES string of the molecule is CCCCCCCC(C[O])CCCCCC. The lowest BCUT2D eigenvalue weighted by Crippen LogP contribution is -2.05. The first-order valence-corrected chi connectivity index (χ1v) is 7.43. The highest BCUT2D eigenvalue weighted by atomic mass is 16.3. The fraction of sp³-hybridized carbons (Fsp3) is 1.00. The van der Waals surface area contributed by atoms with Gasteiger partial charge in [-0.1, -0.05) is 71.6 Å². The third kappa shape index (κ3) is 10.5. The molecule has 1 nitrogen and oxygen atoms in total. The Labute approximate surface area is 103 Å². The van der Waals surface area contributed by atoms with Crippen molar-refractivity contribution in [3.63, 3.8) is 0 Å². The van der Waals surface area contributed by atoms with Gasteiger partial charge in [0.15, 0.2) is 0 Å². The van der Waals surface area contributed by atoms with E-state index in [4.69, 9.17) is 0 Å². The Morgan fingerprint density at radius 3 is 1.56 bits per heavy atom. The van der Waals surface area contributed by atoms with Crippen molar-refractivity contribution in [3.05, 3.63) is 0 Å². The van der Waals surface area contributed by atoms with Crippen molar-refractivity contribution in [1.82, 2.24) is 0 Å². The molecule has 1 heteroatoms. The molecule has 0 saturated carbocycles. The van der Waals surface area contributed by atoms with E-state index in [0.29, 0.717) is 5.92 Å². The van der Waals surface area contributed by atoms with Crippen molar-refractivity contribution < 1.29 is 5.11 Å². The van der Waals surface area contributed by atoms with E-state index < -0.39 is 0 Å². The van der Waals surface area contributed by atoms with E-state index in [0.717, 1.165) is 0 Å². The van der Waals surface area contributed by atoms with Gasteiger partial charge in [0.05, 0.1) is 6.61 Å². The maximum Gasteiger partial charge on any atom is 0.0850 e. The fourth-order valence-corrected chi connectivity index (χ4v) is 2.21. The summed E-state index contributed by atoms with van der Waals surface area (Å²) in [5, 5.41) is 11.0. The average molecular weight is 227 g/mol. The molecule has 0 heterocycles. The number of hydrogen-bond acceptors (Lipinski definition) is 0. The van der Waals surface area contributed by atoms with Crippen LogP contribution in [0.1, 0.15) is 84.5 Å². The normalized spacial score (nSPS) is 12.9. The van der Waals surface area contributed by atoms with Gasteiger partial charge in [0, 0.05) is 0 Å². The first kappa shape index (κ1) is 16.0. The monoisotopic (exact) mass is 227 g/mol. The molecule has 0 rings (SSSR count). The van der Waals surface area contributed by atoms with Crippen molar-refractivity contribution in [3.8, 4) is 0 Å². The van der Waals surface area contributed by atoms with Crippen LogP contribution in [0.15, 0.2) is 0 Å². The maximum absolute atomic E-state index is 11.0. The molecular formula is C15H31O. The summed E-state index contributed by atoms with van der Waals surface area (Å²) < 4.78 is 0. The zero-order valence-electron chi connectivity index (χ0n) is 11.5. The molecule has 0 aliphatic heterocycles. The zero-order chi connectivity index (χ0) is 12.1. The molecule has 0 spiro atoms. The quantitative estimate of drug-likeness (QED) is 0.400. The molecule has 0 aliphatic rings. The van der Waals surface area contributed by atoms with Gasteiger partial charge in [-0.05, 0) is 18.8 Å². The molecule has 0 aromatic carbocycles. The molecule has 0 fully saturated rings. The molecule has 1 atom stereocenters. The Bertz CT molecular complexity index is 123. The number of unbranched alkanes of at least 4 members (excludes halogenated alkanes) is 7. The highest BCUT2D eigenvalue weighted by Crippen LogP contribution is 2.18. The molecule has 1 radical (unpaired) electrons. The lowest BCUT2D eigenvalue weighted by Gasteiger charge is -2.12. The molecule has 16 heavy (non-hydrogen) atoms. The van der Waals surface area contributed by atoms with Gasteiger partial charge in [0.25, 0.3) is 0 Å². The lowest BCUT2D eigenvalue weighted by atomic mass is 9.95. The summed E-state index contributed by atoms with van der Waals surface area (Å²) in [6.07, 6.45) is 14.2. The summed E-state index contributed by atoms with van der Waals surface area (Å²) in [6.45, 7) is 4.63. The summed E-state index contributed by atoms with van der Waals surface area (Å²) in [4.78, 5) is 0. The van der Waals surface area contributed by atoms with Gasteiger partial charge in [0.1, 0.15) is 0 Å². The van der Waals surface area contributed by atoms with Gasteiger partial charge < -0.3 is 0 Å². The topological polar surface area (TPSA) is 19.9 Å². The van der Waals surface area contributed by atoms with Crippen LogP contribution in [-0.4, -0.2) is 6.61 Å². The highest BCUT2D eigenvalue weighted by molar-refractivity contribution is 4.58. The molecule has 0 aromatic heterocycles. The van der Waals surface area contributed by atoms with E-state index >= 15 is 0 Å². The Kier molecular flexibility index (Phi) is 13.0. The molecule has 0 amide bonds. The van der Waals surface area contributed by atoms with Crippen LogP contribution in [-0.2, 0) is 5.11 Å². The Morgan fingerprint density at radius 1 is 0.688 bits per heavy atom. The minimum Gasteiger partial charge on any atom is -0.236 e. The summed E-state index contributed by atoms with van der Waals surface area (Å²) in [7, 11) is 0. The first-order valence-electron chi connectivity index (χ1n) is 7.43. The first-order chi connectivity index (χ1) is 7.85. The van der Waals surface area contributed by atoms with Crippen molar-refractivity contribution in [2.75, 3.05) is 6.61 Å². The van der Waals surface area contributed by atoms with Crippen LogP contribution < -0.4 is 0 Å². The van der Waals surface area contributed by atoms with Crippen LogP contribution in [0, 0.1) is 5.92 Å². The Morgan fingerprint density at radius 2 is 1.12 bits per heavy atom. The molecule has 0 aromatic rings. The summed E-state index contributed by atoms with van der Waals surface area (Å²) >= 11 is 0. The van der Waals surface area contributed by atoms with Crippen molar-refractivity contribution >= 4 is 0 Å². The average Bonchev–Trinajstić information content (AvgIpc) is 2.31. The third-order valence-electron chi connectivity index (χ3n) is 3.42. The smallest absolute Gasteiger partial charge is 0.0850 e. The third-order valence-corrected chi connectivity index (χ3v) is 3.42. The van der Waals surface area contributed by atoms with Crippen molar-refractivity contribution in [2.45, 2.75) is 84.5 Å². The molecule has 1 unspecified atom stereocenters. The van der Waals surface area contributed by atoms with E-state index in [-0.39, 0.29) is 6.61 Å². The molecule has 0 N–H and O–H groups in total. The minimum atomic E-state index is 0.153. The van der Waals surface area contributed by atoms with Crippen LogP contribution >= 0.6 is 0 Å². The predicted molar refractivity (Wildman–Crippen MR) is 71.2 cm³/mol. The summed E-state index contributed by atoms with van der Waals surface area (Å²) in [5.41, 5.74) is 0. The van der Waals surface area contributed by atoms with Gasteiger partial charge in [-0.25, -0.2) is 5.11 Å². The van der Waals surface area contributed by atoms with Crippen LogP contribution in [0.5, 0.6) is 0 Å². The Balaban J connectivity index is 3.29. The molecule has 0 aliphatic carbocycles. The predicted octanol–water partition coefficient (Wildman–Crippen LogP) is 5.36. The molecular weight excluding hydrogens is 196 g/mol. The molecule has 0 bridgehead atoms. The van der Waals surface area contributed by atoms with E-state index in [9.17, 15) is 5.11 Å². The zero-order valence-corrected chi connectivity index (χ0v) is 11.5. The second kappa shape index (κ2) is 13.0. The van der Waals surface area contributed by atoms with E-state index in [1.807, 2.05) is 0 Å². The van der Waals surface area contributed by atoms with Gasteiger partial charge >= 0.3 is 0 Å². The van der Waals surface area contributed by atoms with Crippen LogP contribution in [0.3, 0.4) is 0 Å². The second-order valence-corrected chi connectivity index (χ2v) is 5.08. The highest BCUT2D eigenvalue weighted by Gasteiger charge is 2.07. The number of hydrogen-bond donors (Lipinski definition) is 0. The van der Waals surface area contributed by atoms with Gasteiger partial charge in [-0.15, -0.1) is 0 Å². The molecule has 0 saturated heterocycles. The largest absolute Gasteiger partial charge is 0.236 e. The van der Waals surface area contributed by atoms with Gasteiger partial charge in [-0.3, -0.25) is 0 Å². The summed E-state index contributed by atoms with van der Waals surface area (Å²) in [6, 6.07) is 0. The standard InChI is InChI=1S/C15H31O/c1-3-5-7-9-11-13-15(14-16)12-10-8-6-4-2/h15H,3-14H2,1-2H3. The van der Waals surface area contributed by atoms with Crippen LogP contribution in [0.2, 0.25) is 0 Å². The van der Waals surface area contributed by atoms with Crippen molar-refractivity contribution in [2.24, 2.45) is 5.92 Å². The van der Waals surface area contributed by atoms with Gasteiger partial charge in [-0.2, -0.15) is 0 Å². The van der Waals surface area contributed by atoms with E-state index in [1.54, 1.807) is 0 Å². The second-order valence-electron chi connectivity index (χ2n) is 5.08. The number of rotatable bonds is 12. The lowest BCUT2D eigenvalue weighted by molar-refractivity contribution is 0.130. The van der Waals surface area contributed by atoms with E-state index in [2.05, 4.69) is 13.8 Å². The van der Waals surface area contributed by atoms with Crippen molar-refractivity contribution in [1.29, 1.82) is 0 Å². The van der Waals surface area contributed by atoms with Crippen LogP contribution in [0.25, 0.3) is 0 Å². The minimum absolute atomic E-state index is 0.153. The van der Waals surface area contributed by atoms with Gasteiger partial charge in [0.2, 0.25) is 0 Å². The summed E-state index contributed by atoms with van der Waals surface area (Å²) in [5.74, 6) is 0.471. The molecule has 97 valence electrons. The van der Waals surface area contributed by atoms with Crippen LogP contribution in [0.4, 0.5) is 0 Å². The fourth-order valence-electron chi connectivity index (χ4n) is 2.21. The maximum atomic E-state index is 11.0.